The van der Waals surface area contributed by atoms with Crippen LogP contribution in [-0.2, 0) is 14.3 Å². The molecule has 0 aliphatic carbocycles. The molecule has 1 aromatic carbocycles. The van der Waals surface area contributed by atoms with E-state index in [0.29, 0.717) is 0 Å². The predicted molar refractivity (Wildman–Crippen MR) is 71.3 cm³/mol. The van der Waals surface area contributed by atoms with E-state index in [4.69, 9.17) is 5.73 Å². The summed E-state index contributed by atoms with van der Waals surface area (Å²) in [4.78, 5) is 47.6. The number of hydrogen-bond acceptors (Lipinski definition) is 5. The van der Waals surface area contributed by atoms with Gasteiger partial charge in [-0.1, -0.05) is 11.6 Å². The van der Waals surface area contributed by atoms with E-state index in [1.807, 2.05) is 0 Å². The third kappa shape index (κ3) is 2.62. The summed E-state index contributed by atoms with van der Waals surface area (Å²) < 4.78 is 4.64. The van der Waals surface area contributed by atoms with E-state index < -0.39 is 36.3 Å². The Morgan fingerprint density at radius 3 is 2.48 bits per heavy atom. The second kappa shape index (κ2) is 5.35. The average Bonchev–Trinajstić information content (AvgIpc) is 2.67. The number of hydrogen-bond donors (Lipinski definition) is 1. The highest BCUT2D eigenvalue weighted by atomic mass is 16.5. The van der Waals surface area contributed by atoms with Gasteiger partial charge in [0.05, 0.1) is 11.1 Å². The van der Waals surface area contributed by atoms with Gasteiger partial charge in [0.25, 0.3) is 17.7 Å². The van der Waals surface area contributed by atoms with Gasteiger partial charge in [-0.15, -0.1) is 0 Å². The Morgan fingerprint density at radius 1 is 1.24 bits per heavy atom. The maximum Gasteiger partial charge on any atom is 0.329 e. The summed E-state index contributed by atoms with van der Waals surface area (Å²) in [5, 5.41) is 0. The fourth-order valence-electron chi connectivity index (χ4n) is 2.09. The summed E-state index contributed by atoms with van der Waals surface area (Å²) in [7, 11) is 0. The van der Waals surface area contributed by atoms with Crippen LogP contribution in [0.1, 0.15) is 33.2 Å². The quantitative estimate of drug-likeness (QED) is 0.621. The van der Waals surface area contributed by atoms with Gasteiger partial charge in [0.2, 0.25) is 0 Å². The van der Waals surface area contributed by atoms with Crippen molar-refractivity contribution in [2.45, 2.75) is 19.9 Å². The van der Waals surface area contributed by atoms with Crippen molar-refractivity contribution in [1.82, 2.24) is 4.90 Å². The molecule has 0 unspecified atom stereocenters. The Balaban J connectivity index is 2.22. The molecule has 0 radical (unpaired) electrons. The van der Waals surface area contributed by atoms with Crippen LogP contribution in [0.15, 0.2) is 18.2 Å². The Morgan fingerprint density at radius 2 is 1.86 bits per heavy atom. The van der Waals surface area contributed by atoms with Gasteiger partial charge in [0.1, 0.15) is 6.04 Å². The van der Waals surface area contributed by atoms with Crippen molar-refractivity contribution in [3.8, 4) is 0 Å². The molecule has 0 saturated carbocycles. The maximum atomic E-state index is 12.2. The normalized spacial score (nSPS) is 14.9. The summed E-state index contributed by atoms with van der Waals surface area (Å²) in [6, 6.07) is 3.73. The van der Waals surface area contributed by atoms with Crippen molar-refractivity contribution in [2.24, 2.45) is 5.73 Å². The second-order valence-electron chi connectivity index (χ2n) is 4.78. The fraction of sp³-hybridized carbons (Fsp3) is 0.286. The molecular weight excluding hydrogens is 276 g/mol. The van der Waals surface area contributed by atoms with Crippen molar-refractivity contribution in [1.29, 1.82) is 0 Å². The Bertz CT molecular complexity index is 653. The SMILES string of the molecule is Cc1ccc2c(c1)C(=O)N([C@@H](C)C(=O)OCC(N)=O)C2=O. The highest BCUT2D eigenvalue weighted by molar-refractivity contribution is 6.22. The molecule has 1 aromatic rings. The maximum absolute atomic E-state index is 12.2. The van der Waals surface area contributed by atoms with Crippen LogP contribution >= 0.6 is 0 Å². The van der Waals surface area contributed by atoms with Gasteiger partial charge >= 0.3 is 5.97 Å². The Hall–Kier alpha value is -2.70. The Labute approximate surface area is 120 Å². The van der Waals surface area contributed by atoms with E-state index in [9.17, 15) is 19.2 Å². The molecule has 0 spiro atoms. The predicted octanol–water partition coefficient (Wildman–Crippen LogP) is 0.00802. The van der Waals surface area contributed by atoms with E-state index in [0.717, 1.165) is 10.5 Å². The van der Waals surface area contributed by atoms with Gasteiger partial charge in [0, 0.05) is 0 Å². The largest absolute Gasteiger partial charge is 0.454 e. The lowest BCUT2D eigenvalue weighted by Crippen LogP contribution is -2.44. The van der Waals surface area contributed by atoms with Crippen LogP contribution in [0.4, 0.5) is 0 Å². The number of nitrogens with zero attached hydrogens (tertiary/aromatic N) is 1. The minimum Gasteiger partial charge on any atom is -0.454 e. The van der Waals surface area contributed by atoms with Crippen LogP contribution in [0, 0.1) is 6.92 Å². The number of rotatable bonds is 4. The standard InChI is InChI=1S/C14H14N2O5/c1-7-3-4-9-10(5-7)13(19)16(12(9)18)8(2)14(20)21-6-11(15)17/h3-5,8H,6H2,1-2H3,(H2,15,17)/t8-/m0/s1. The van der Waals surface area contributed by atoms with Crippen molar-refractivity contribution in [2.75, 3.05) is 6.61 Å². The van der Waals surface area contributed by atoms with Crippen LogP contribution in [0.25, 0.3) is 0 Å². The van der Waals surface area contributed by atoms with Crippen molar-refractivity contribution >= 4 is 23.7 Å². The molecule has 1 heterocycles. The molecule has 21 heavy (non-hydrogen) atoms. The number of benzene rings is 1. The molecule has 0 saturated heterocycles. The number of carbonyl (C=O) groups excluding carboxylic acids is 4. The van der Waals surface area contributed by atoms with E-state index in [2.05, 4.69) is 4.74 Å². The van der Waals surface area contributed by atoms with E-state index >= 15 is 0 Å². The van der Waals surface area contributed by atoms with Gasteiger partial charge in [-0.05, 0) is 26.0 Å². The lowest BCUT2D eigenvalue weighted by molar-refractivity contribution is -0.151. The first kappa shape index (κ1) is 14.7. The van der Waals surface area contributed by atoms with E-state index in [1.54, 1.807) is 25.1 Å². The first-order chi connectivity index (χ1) is 9.82. The summed E-state index contributed by atoms with van der Waals surface area (Å²) in [6.45, 7) is 2.56. The van der Waals surface area contributed by atoms with E-state index in [-0.39, 0.29) is 11.1 Å². The number of aryl methyl sites for hydroxylation is 1. The zero-order valence-corrected chi connectivity index (χ0v) is 11.6. The topological polar surface area (TPSA) is 107 Å². The van der Waals surface area contributed by atoms with Gasteiger partial charge in [-0.3, -0.25) is 19.3 Å². The third-order valence-corrected chi connectivity index (χ3v) is 3.16. The highest BCUT2D eigenvalue weighted by Crippen LogP contribution is 2.25. The molecule has 7 nitrogen and oxygen atoms in total. The van der Waals surface area contributed by atoms with Crippen LogP contribution < -0.4 is 5.73 Å². The molecule has 0 bridgehead atoms. The van der Waals surface area contributed by atoms with Gasteiger partial charge in [0.15, 0.2) is 6.61 Å². The van der Waals surface area contributed by atoms with Crippen LogP contribution in [0.2, 0.25) is 0 Å². The number of ether oxygens (including phenoxy) is 1. The van der Waals surface area contributed by atoms with Gasteiger partial charge in [-0.25, -0.2) is 4.79 Å². The smallest absolute Gasteiger partial charge is 0.329 e. The summed E-state index contributed by atoms with van der Waals surface area (Å²) in [5.41, 5.74) is 6.21. The van der Waals surface area contributed by atoms with Crippen molar-refractivity contribution in [3.63, 3.8) is 0 Å². The zero-order valence-electron chi connectivity index (χ0n) is 11.6. The minimum absolute atomic E-state index is 0.250. The summed E-state index contributed by atoms with van der Waals surface area (Å²) in [6.07, 6.45) is 0. The van der Waals surface area contributed by atoms with Crippen LogP contribution in [-0.4, -0.2) is 41.2 Å². The molecule has 2 rings (SSSR count). The van der Waals surface area contributed by atoms with E-state index in [1.165, 1.54) is 6.92 Å². The first-order valence-electron chi connectivity index (χ1n) is 6.26. The first-order valence-corrected chi connectivity index (χ1v) is 6.26. The molecule has 1 aliphatic heterocycles. The average molecular weight is 290 g/mol. The number of esters is 1. The fourth-order valence-corrected chi connectivity index (χ4v) is 2.09. The number of imide groups is 1. The molecule has 2 N–H and O–H groups in total. The number of fused-ring (bicyclic) bond motifs is 1. The molecule has 110 valence electrons. The molecule has 7 heteroatoms. The molecular formula is C14H14N2O5. The number of nitrogens with two attached hydrogens (primary N) is 1. The lowest BCUT2D eigenvalue weighted by Gasteiger charge is -2.20. The molecule has 0 aromatic heterocycles. The Kier molecular flexibility index (Phi) is 3.75. The monoisotopic (exact) mass is 290 g/mol. The summed E-state index contributed by atoms with van der Waals surface area (Å²) in [5.74, 6) is -2.78. The van der Waals surface area contributed by atoms with Crippen molar-refractivity contribution < 1.29 is 23.9 Å². The third-order valence-electron chi connectivity index (χ3n) is 3.16. The van der Waals surface area contributed by atoms with Gasteiger partial charge in [-0.2, -0.15) is 0 Å². The molecule has 1 atom stereocenters. The molecule has 1 aliphatic rings. The number of amides is 3. The van der Waals surface area contributed by atoms with Crippen molar-refractivity contribution in [3.05, 3.63) is 34.9 Å². The van der Waals surface area contributed by atoms with Crippen LogP contribution in [0.3, 0.4) is 0 Å². The van der Waals surface area contributed by atoms with Gasteiger partial charge < -0.3 is 10.5 Å². The summed E-state index contributed by atoms with van der Waals surface area (Å²) >= 11 is 0. The molecule has 3 amide bonds. The van der Waals surface area contributed by atoms with Crippen LogP contribution in [0.5, 0.6) is 0 Å². The zero-order chi connectivity index (χ0) is 15.7. The minimum atomic E-state index is -1.13. The highest BCUT2D eigenvalue weighted by Gasteiger charge is 2.41. The molecule has 0 fully saturated rings. The lowest BCUT2D eigenvalue weighted by atomic mass is 10.1. The number of primary amides is 1. The number of carbonyl (C=O) groups is 4. The second-order valence-corrected chi connectivity index (χ2v) is 4.78.